The first-order valence-corrected chi connectivity index (χ1v) is 5.42. The molecule has 4 heteroatoms. The molecule has 0 aliphatic carbocycles. The van der Waals surface area contributed by atoms with E-state index in [-0.39, 0.29) is 17.7 Å². The molecule has 1 aromatic rings. The number of rotatable bonds is 5. The average molecular weight is 222 g/mol. The Morgan fingerprint density at radius 2 is 2.25 bits per heavy atom. The number of amides is 1. The van der Waals surface area contributed by atoms with Gasteiger partial charge in [0.15, 0.2) is 0 Å². The average Bonchev–Trinajstić information content (AvgIpc) is 2.26. The van der Waals surface area contributed by atoms with E-state index in [0.717, 1.165) is 5.56 Å². The minimum Gasteiger partial charge on any atom is -0.508 e. The van der Waals surface area contributed by atoms with E-state index in [0.29, 0.717) is 13.1 Å². The standard InChI is InChI=1S/C12H18N2O2/c1-3-13-12(16)9(2)14-8-10-5-4-6-11(15)7-10/h4-7,9,14-15H,3,8H2,1-2H3,(H,13,16). The molecular weight excluding hydrogens is 204 g/mol. The van der Waals surface area contributed by atoms with Crippen LogP contribution in [0.25, 0.3) is 0 Å². The second-order valence-electron chi connectivity index (χ2n) is 3.67. The fraction of sp³-hybridized carbons (Fsp3) is 0.417. The van der Waals surface area contributed by atoms with Crippen LogP contribution in [0.15, 0.2) is 24.3 Å². The summed E-state index contributed by atoms with van der Waals surface area (Å²) in [5.41, 5.74) is 0.955. The lowest BCUT2D eigenvalue weighted by Crippen LogP contribution is -2.41. The molecule has 1 aromatic carbocycles. The number of nitrogens with one attached hydrogen (secondary N) is 2. The van der Waals surface area contributed by atoms with Crippen LogP contribution in [-0.4, -0.2) is 23.6 Å². The highest BCUT2D eigenvalue weighted by Crippen LogP contribution is 2.10. The predicted molar refractivity (Wildman–Crippen MR) is 63.1 cm³/mol. The summed E-state index contributed by atoms with van der Waals surface area (Å²) in [6, 6.07) is 6.75. The van der Waals surface area contributed by atoms with E-state index in [2.05, 4.69) is 10.6 Å². The minimum absolute atomic E-state index is 0.0114. The molecule has 0 heterocycles. The smallest absolute Gasteiger partial charge is 0.236 e. The summed E-state index contributed by atoms with van der Waals surface area (Å²) in [5.74, 6) is 0.229. The van der Waals surface area contributed by atoms with Gasteiger partial charge in [-0.25, -0.2) is 0 Å². The summed E-state index contributed by atoms with van der Waals surface area (Å²) >= 11 is 0. The zero-order valence-electron chi connectivity index (χ0n) is 9.66. The molecule has 1 amide bonds. The lowest BCUT2D eigenvalue weighted by Gasteiger charge is -2.13. The third-order valence-corrected chi connectivity index (χ3v) is 2.27. The molecule has 1 unspecified atom stereocenters. The van der Waals surface area contributed by atoms with E-state index < -0.39 is 0 Å². The van der Waals surface area contributed by atoms with Crippen LogP contribution in [0.1, 0.15) is 19.4 Å². The fourth-order valence-electron chi connectivity index (χ4n) is 1.36. The number of benzene rings is 1. The quantitative estimate of drug-likeness (QED) is 0.696. The predicted octanol–water partition coefficient (Wildman–Crippen LogP) is 1.01. The van der Waals surface area contributed by atoms with Gasteiger partial charge in [-0.1, -0.05) is 12.1 Å². The maximum atomic E-state index is 11.4. The molecule has 3 N–H and O–H groups in total. The molecule has 4 nitrogen and oxygen atoms in total. The normalized spacial score (nSPS) is 12.1. The largest absolute Gasteiger partial charge is 0.508 e. The number of likely N-dealkylation sites (N-methyl/N-ethyl adjacent to an activating group) is 1. The van der Waals surface area contributed by atoms with Crippen LogP contribution in [-0.2, 0) is 11.3 Å². The van der Waals surface area contributed by atoms with Gasteiger partial charge in [-0.15, -0.1) is 0 Å². The highest BCUT2D eigenvalue weighted by molar-refractivity contribution is 5.81. The van der Waals surface area contributed by atoms with Crippen molar-refractivity contribution in [3.63, 3.8) is 0 Å². The molecule has 0 radical (unpaired) electrons. The molecule has 1 rings (SSSR count). The van der Waals surface area contributed by atoms with Gasteiger partial charge in [0.25, 0.3) is 0 Å². The van der Waals surface area contributed by atoms with E-state index in [9.17, 15) is 9.90 Å². The van der Waals surface area contributed by atoms with Crippen molar-refractivity contribution in [2.45, 2.75) is 26.4 Å². The van der Waals surface area contributed by atoms with Crippen LogP contribution < -0.4 is 10.6 Å². The Morgan fingerprint density at radius 3 is 2.88 bits per heavy atom. The Kier molecular flexibility index (Phi) is 4.79. The van der Waals surface area contributed by atoms with Gasteiger partial charge in [0, 0.05) is 13.1 Å². The molecule has 0 saturated carbocycles. The van der Waals surface area contributed by atoms with Gasteiger partial charge in [-0.2, -0.15) is 0 Å². The number of aromatic hydroxyl groups is 1. The summed E-state index contributed by atoms with van der Waals surface area (Å²) in [7, 11) is 0. The number of carbonyl (C=O) groups is 1. The maximum Gasteiger partial charge on any atom is 0.236 e. The molecule has 0 aliphatic heterocycles. The molecule has 0 bridgehead atoms. The number of phenols is 1. The number of carbonyl (C=O) groups excluding carboxylic acids is 1. The molecule has 88 valence electrons. The van der Waals surface area contributed by atoms with Crippen LogP contribution in [0.5, 0.6) is 5.75 Å². The topological polar surface area (TPSA) is 61.4 Å². The van der Waals surface area contributed by atoms with Gasteiger partial charge in [0.05, 0.1) is 6.04 Å². The van der Waals surface area contributed by atoms with Crippen LogP contribution in [0.3, 0.4) is 0 Å². The van der Waals surface area contributed by atoms with E-state index in [1.54, 1.807) is 18.2 Å². The SMILES string of the molecule is CCNC(=O)C(C)NCc1cccc(O)c1. The first kappa shape index (κ1) is 12.5. The van der Waals surface area contributed by atoms with Crippen LogP contribution in [0.4, 0.5) is 0 Å². The summed E-state index contributed by atoms with van der Waals surface area (Å²) < 4.78 is 0. The van der Waals surface area contributed by atoms with Crippen molar-refractivity contribution in [1.82, 2.24) is 10.6 Å². The van der Waals surface area contributed by atoms with Crippen molar-refractivity contribution in [3.05, 3.63) is 29.8 Å². The fourth-order valence-corrected chi connectivity index (χ4v) is 1.36. The summed E-state index contributed by atoms with van der Waals surface area (Å²) in [6.45, 7) is 4.90. The van der Waals surface area contributed by atoms with Crippen LogP contribution >= 0.6 is 0 Å². The highest BCUT2D eigenvalue weighted by Gasteiger charge is 2.10. The third kappa shape index (κ3) is 3.90. The number of hydrogen-bond donors (Lipinski definition) is 3. The van der Waals surface area contributed by atoms with Gasteiger partial charge < -0.3 is 15.7 Å². The van der Waals surface area contributed by atoms with Crippen LogP contribution in [0, 0.1) is 0 Å². The van der Waals surface area contributed by atoms with Crippen molar-refractivity contribution in [2.75, 3.05) is 6.54 Å². The lowest BCUT2D eigenvalue weighted by molar-refractivity contribution is -0.122. The second-order valence-corrected chi connectivity index (χ2v) is 3.67. The molecule has 0 spiro atoms. The second kappa shape index (κ2) is 6.12. The van der Waals surface area contributed by atoms with Gasteiger partial charge in [-0.3, -0.25) is 4.79 Å². The zero-order chi connectivity index (χ0) is 12.0. The molecule has 16 heavy (non-hydrogen) atoms. The lowest BCUT2D eigenvalue weighted by atomic mass is 10.2. The van der Waals surface area contributed by atoms with Crippen molar-refractivity contribution in [1.29, 1.82) is 0 Å². The number of hydrogen-bond acceptors (Lipinski definition) is 3. The zero-order valence-corrected chi connectivity index (χ0v) is 9.66. The Morgan fingerprint density at radius 1 is 1.50 bits per heavy atom. The van der Waals surface area contributed by atoms with Crippen molar-refractivity contribution >= 4 is 5.91 Å². The molecule has 0 aromatic heterocycles. The summed E-state index contributed by atoms with van der Waals surface area (Å²) in [4.78, 5) is 11.4. The van der Waals surface area contributed by atoms with E-state index >= 15 is 0 Å². The first-order valence-electron chi connectivity index (χ1n) is 5.42. The van der Waals surface area contributed by atoms with E-state index in [1.807, 2.05) is 19.9 Å². The van der Waals surface area contributed by atoms with Gasteiger partial charge in [-0.05, 0) is 31.5 Å². The number of phenolic OH excluding ortho intramolecular Hbond substituents is 1. The molecular formula is C12H18N2O2. The van der Waals surface area contributed by atoms with Crippen LogP contribution in [0.2, 0.25) is 0 Å². The van der Waals surface area contributed by atoms with Gasteiger partial charge >= 0.3 is 0 Å². The molecule has 0 aliphatic rings. The first-order chi connectivity index (χ1) is 7.63. The Balaban J connectivity index is 2.42. The van der Waals surface area contributed by atoms with Crippen molar-refractivity contribution in [2.24, 2.45) is 0 Å². The monoisotopic (exact) mass is 222 g/mol. The van der Waals surface area contributed by atoms with E-state index in [4.69, 9.17) is 0 Å². The Bertz CT molecular complexity index is 353. The molecule has 0 saturated heterocycles. The third-order valence-electron chi connectivity index (χ3n) is 2.27. The van der Waals surface area contributed by atoms with Gasteiger partial charge in [0.2, 0.25) is 5.91 Å². The maximum absolute atomic E-state index is 11.4. The Labute approximate surface area is 95.7 Å². The summed E-state index contributed by atoms with van der Waals surface area (Å²) in [6.07, 6.45) is 0. The van der Waals surface area contributed by atoms with Crippen molar-refractivity contribution in [3.8, 4) is 5.75 Å². The molecule has 1 atom stereocenters. The molecule has 0 fully saturated rings. The van der Waals surface area contributed by atoms with Crippen molar-refractivity contribution < 1.29 is 9.90 Å². The Hall–Kier alpha value is -1.55. The summed E-state index contributed by atoms with van der Waals surface area (Å²) in [5, 5.41) is 15.1. The van der Waals surface area contributed by atoms with E-state index in [1.165, 1.54) is 0 Å². The highest BCUT2D eigenvalue weighted by atomic mass is 16.3. The minimum atomic E-state index is -0.234. The van der Waals surface area contributed by atoms with Gasteiger partial charge in [0.1, 0.15) is 5.75 Å².